The van der Waals surface area contributed by atoms with Crippen LogP contribution in [0.15, 0.2) is 11.6 Å². The van der Waals surface area contributed by atoms with Crippen LogP contribution < -0.4 is 0 Å². The molecule has 0 saturated heterocycles. The molecule has 0 heterocycles. The van der Waals surface area contributed by atoms with Gasteiger partial charge in [0.25, 0.3) is 0 Å². The lowest BCUT2D eigenvalue weighted by Crippen LogP contribution is -2.07. The topological polar surface area (TPSA) is 37.3 Å². The Morgan fingerprint density at radius 2 is 2.08 bits per heavy atom. The second-order valence-corrected chi connectivity index (χ2v) is 4.27. The van der Waals surface area contributed by atoms with Gasteiger partial charge in [0.1, 0.15) is 0 Å². The lowest BCUT2D eigenvalue weighted by molar-refractivity contribution is -0.137. The van der Waals surface area contributed by atoms with E-state index < -0.39 is 5.97 Å². The summed E-state index contributed by atoms with van der Waals surface area (Å²) in [6.45, 7) is 0. The van der Waals surface area contributed by atoms with Crippen molar-refractivity contribution in [1.82, 2.24) is 0 Å². The molecule has 0 amide bonds. The Balaban J connectivity index is 1.73. The van der Waals surface area contributed by atoms with Crippen LogP contribution in [0.25, 0.3) is 0 Å². The summed E-state index contributed by atoms with van der Waals surface area (Å²) in [5.41, 5.74) is 1.18. The zero-order valence-corrected chi connectivity index (χ0v) is 7.83. The van der Waals surface area contributed by atoms with Crippen molar-refractivity contribution in [2.45, 2.75) is 38.5 Å². The molecule has 1 atom stereocenters. The molecule has 0 unspecified atom stereocenters. The van der Waals surface area contributed by atoms with Gasteiger partial charge in [0.15, 0.2) is 0 Å². The van der Waals surface area contributed by atoms with Crippen LogP contribution in [0.5, 0.6) is 0 Å². The zero-order chi connectivity index (χ0) is 9.26. The predicted octanol–water partition coefficient (Wildman–Crippen LogP) is 2.60. The maximum Gasteiger partial charge on any atom is 0.314 e. The van der Waals surface area contributed by atoms with E-state index in [1.165, 1.54) is 37.7 Å². The van der Waals surface area contributed by atoms with Crippen LogP contribution >= 0.6 is 0 Å². The molecule has 13 heavy (non-hydrogen) atoms. The molecule has 0 aliphatic heterocycles. The van der Waals surface area contributed by atoms with E-state index in [9.17, 15) is 4.79 Å². The minimum atomic E-state index is -0.661. The van der Waals surface area contributed by atoms with Crippen LogP contribution in [0.4, 0.5) is 0 Å². The van der Waals surface area contributed by atoms with Gasteiger partial charge in [0.2, 0.25) is 0 Å². The maximum absolute atomic E-state index is 10.6. The molecule has 2 heteroatoms. The number of carbonyl (C=O) groups is 1. The number of carboxylic acid groups (broad SMARTS) is 1. The second kappa shape index (κ2) is 3.52. The van der Waals surface area contributed by atoms with Crippen molar-refractivity contribution < 1.29 is 9.90 Å². The first-order chi connectivity index (χ1) is 6.27. The first-order valence-electron chi connectivity index (χ1n) is 5.21. The molecular formula is C11H16O2. The SMILES string of the molecule is O=C(O)[C@@H]1C=C1CC1CCCCC1. The highest BCUT2D eigenvalue weighted by molar-refractivity contribution is 5.81. The van der Waals surface area contributed by atoms with Crippen molar-refractivity contribution in [3.05, 3.63) is 11.6 Å². The summed E-state index contributed by atoms with van der Waals surface area (Å²) in [5, 5.41) is 8.70. The molecule has 2 rings (SSSR count). The third kappa shape index (κ3) is 2.11. The third-order valence-electron chi connectivity index (χ3n) is 3.19. The van der Waals surface area contributed by atoms with E-state index in [0.717, 1.165) is 12.3 Å². The lowest BCUT2D eigenvalue weighted by atomic mass is 9.86. The highest BCUT2D eigenvalue weighted by atomic mass is 16.4. The van der Waals surface area contributed by atoms with Crippen molar-refractivity contribution in [1.29, 1.82) is 0 Å². The molecule has 0 bridgehead atoms. The molecule has 1 N–H and O–H groups in total. The number of carboxylic acids is 1. The van der Waals surface area contributed by atoms with Crippen LogP contribution in [0.2, 0.25) is 0 Å². The Hall–Kier alpha value is -0.790. The maximum atomic E-state index is 10.6. The highest BCUT2D eigenvalue weighted by Gasteiger charge is 2.33. The van der Waals surface area contributed by atoms with Gasteiger partial charge in [-0.2, -0.15) is 0 Å². The van der Waals surface area contributed by atoms with Crippen LogP contribution in [0.1, 0.15) is 38.5 Å². The Morgan fingerprint density at radius 3 is 2.62 bits per heavy atom. The van der Waals surface area contributed by atoms with E-state index in [2.05, 4.69) is 0 Å². The second-order valence-electron chi connectivity index (χ2n) is 4.27. The minimum Gasteiger partial charge on any atom is -0.481 e. The molecule has 2 nitrogen and oxygen atoms in total. The van der Waals surface area contributed by atoms with E-state index >= 15 is 0 Å². The van der Waals surface area contributed by atoms with Crippen molar-refractivity contribution in [2.75, 3.05) is 0 Å². The Kier molecular flexibility index (Phi) is 2.38. The van der Waals surface area contributed by atoms with Gasteiger partial charge in [-0.15, -0.1) is 0 Å². The fraction of sp³-hybridized carbons (Fsp3) is 0.727. The van der Waals surface area contributed by atoms with E-state index in [0.29, 0.717) is 0 Å². The Bertz CT molecular complexity index is 236. The largest absolute Gasteiger partial charge is 0.481 e. The molecule has 2 aliphatic carbocycles. The van der Waals surface area contributed by atoms with E-state index in [-0.39, 0.29) is 5.92 Å². The Morgan fingerprint density at radius 1 is 1.38 bits per heavy atom. The van der Waals surface area contributed by atoms with Gasteiger partial charge in [-0.25, -0.2) is 0 Å². The summed E-state index contributed by atoms with van der Waals surface area (Å²) in [4.78, 5) is 10.6. The first-order valence-corrected chi connectivity index (χ1v) is 5.21. The molecule has 0 radical (unpaired) electrons. The normalized spacial score (nSPS) is 28.3. The molecule has 0 aromatic rings. The van der Waals surface area contributed by atoms with Crippen LogP contribution in [-0.2, 0) is 4.79 Å². The van der Waals surface area contributed by atoms with E-state index in [1.54, 1.807) is 0 Å². The molecule has 72 valence electrons. The summed E-state index contributed by atoms with van der Waals surface area (Å²) >= 11 is 0. The molecule has 0 aromatic heterocycles. The summed E-state index contributed by atoms with van der Waals surface area (Å²) in [6.07, 6.45) is 9.63. The quantitative estimate of drug-likeness (QED) is 0.678. The van der Waals surface area contributed by atoms with Gasteiger partial charge in [0, 0.05) is 0 Å². The number of rotatable bonds is 3. The van der Waals surface area contributed by atoms with E-state index in [4.69, 9.17) is 5.11 Å². The average Bonchev–Trinajstić information content (AvgIpc) is 2.86. The molecule has 1 saturated carbocycles. The highest BCUT2D eigenvalue weighted by Crippen LogP contribution is 2.38. The van der Waals surface area contributed by atoms with Gasteiger partial charge in [-0.3, -0.25) is 4.79 Å². The standard InChI is InChI=1S/C11H16O2/c12-11(13)10-7-9(10)6-8-4-2-1-3-5-8/h7-8,10H,1-6H2,(H,12,13)/t10-/m1/s1. The smallest absolute Gasteiger partial charge is 0.314 e. The van der Waals surface area contributed by atoms with Crippen molar-refractivity contribution in [3.8, 4) is 0 Å². The summed E-state index contributed by atoms with van der Waals surface area (Å²) < 4.78 is 0. The molecule has 1 fully saturated rings. The van der Waals surface area contributed by atoms with Gasteiger partial charge >= 0.3 is 5.97 Å². The number of hydrogen-bond acceptors (Lipinski definition) is 1. The molecule has 0 spiro atoms. The monoisotopic (exact) mass is 180 g/mol. The lowest BCUT2D eigenvalue weighted by Gasteiger charge is -2.20. The summed E-state index contributed by atoms with van der Waals surface area (Å²) in [7, 11) is 0. The van der Waals surface area contributed by atoms with E-state index in [1.807, 2.05) is 6.08 Å². The van der Waals surface area contributed by atoms with Gasteiger partial charge in [-0.05, 0) is 12.3 Å². The molecule has 0 aromatic carbocycles. The number of aliphatic carboxylic acids is 1. The predicted molar refractivity (Wildman–Crippen MR) is 50.4 cm³/mol. The third-order valence-corrected chi connectivity index (χ3v) is 3.19. The summed E-state index contributed by atoms with van der Waals surface area (Å²) in [6, 6.07) is 0. The fourth-order valence-electron chi connectivity index (χ4n) is 2.32. The minimum absolute atomic E-state index is 0.193. The molecule has 2 aliphatic rings. The average molecular weight is 180 g/mol. The van der Waals surface area contributed by atoms with Crippen molar-refractivity contribution in [2.24, 2.45) is 11.8 Å². The van der Waals surface area contributed by atoms with Gasteiger partial charge in [0.05, 0.1) is 5.92 Å². The van der Waals surface area contributed by atoms with Gasteiger partial charge < -0.3 is 5.11 Å². The van der Waals surface area contributed by atoms with Gasteiger partial charge in [-0.1, -0.05) is 43.8 Å². The van der Waals surface area contributed by atoms with Crippen molar-refractivity contribution >= 4 is 5.97 Å². The Labute approximate surface area is 78.6 Å². The molecular weight excluding hydrogens is 164 g/mol. The number of hydrogen-bond donors (Lipinski definition) is 1. The summed E-state index contributed by atoms with van der Waals surface area (Å²) in [5.74, 6) is -0.0721. The van der Waals surface area contributed by atoms with Crippen molar-refractivity contribution in [3.63, 3.8) is 0 Å². The zero-order valence-electron chi connectivity index (χ0n) is 7.83. The van der Waals surface area contributed by atoms with Crippen LogP contribution in [-0.4, -0.2) is 11.1 Å². The first kappa shape index (κ1) is 8.79. The van der Waals surface area contributed by atoms with Crippen LogP contribution in [0, 0.1) is 11.8 Å². The fourth-order valence-corrected chi connectivity index (χ4v) is 2.32. The van der Waals surface area contributed by atoms with Crippen LogP contribution in [0.3, 0.4) is 0 Å².